The number of halogens is 2. The van der Waals surface area contributed by atoms with Crippen LogP contribution in [-0.2, 0) is 34.1 Å². The Morgan fingerprint density at radius 3 is 0.710 bits per heavy atom. The molecule has 0 bridgehead atoms. The molecule has 4 aliphatic carbocycles. The van der Waals surface area contributed by atoms with Crippen molar-refractivity contribution in [2.75, 3.05) is 145 Å². The van der Waals surface area contributed by atoms with E-state index in [1.807, 2.05) is 0 Å². The monoisotopic (exact) mass is 1730 g/mol. The van der Waals surface area contributed by atoms with Crippen molar-refractivity contribution in [2.45, 2.75) is 393 Å². The summed E-state index contributed by atoms with van der Waals surface area (Å²) in [4.78, 5) is 2.20. The van der Waals surface area contributed by atoms with E-state index in [1.54, 1.807) is 0 Å². The van der Waals surface area contributed by atoms with Crippen LogP contribution in [0.5, 0.6) is 0 Å². The quantitative estimate of drug-likeness (QED) is 0.0108. The molecule has 0 spiro atoms. The molecule has 4 aliphatic rings. The Bertz CT molecular complexity index is 1610. The van der Waals surface area contributed by atoms with Crippen molar-refractivity contribution in [3.05, 3.63) is 29.7 Å². The Kier molecular flexibility index (Phi) is 108. The molecule has 0 radical (unpaired) electrons. The zero-order valence-electron chi connectivity index (χ0n) is 73.7. The minimum absolute atomic E-state index is 0. The van der Waals surface area contributed by atoms with Gasteiger partial charge in [-0.25, -0.2) is 13.7 Å². The number of unbranched alkanes of at least 4 members (excludes halogenated alkanes) is 33. The second-order valence-corrected chi connectivity index (χ2v) is 36.0. The average Bonchev–Trinajstić information content (AvgIpc) is 1.64. The van der Waals surface area contributed by atoms with Gasteiger partial charge in [-0.1, -0.05) is 328 Å². The van der Waals surface area contributed by atoms with E-state index >= 15 is 0 Å². The second kappa shape index (κ2) is 93.9. The number of aliphatic hydroxyl groups excluding tert-OH is 3. The molecule has 0 heterocycles. The summed E-state index contributed by atoms with van der Waals surface area (Å²) in [5.74, 6) is 4.35. The normalized spacial score (nSPS) is 14.4. The summed E-state index contributed by atoms with van der Waals surface area (Å²) in [6.45, 7) is 26.5. The average molecular weight is 1730 g/mol. The van der Waals surface area contributed by atoms with Crippen molar-refractivity contribution < 1.29 is 72.1 Å². The van der Waals surface area contributed by atoms with Gasteiger partial charge in [0.2, 0.25) is 0 Å². The minimum Gasteiger partial charge on any atom is -0.396 e. The van der Waals surface area contributed by atoms with Crippen LogP contribution in [0, 0.1) is 53.4 Å². The van der Waals surface area contributed by atoms with Crippen molar-refractivity contribution in [2.24, 2.45) is 23.7 Å². The molecule has 648 valence electrons. The number of quaternary nitrogens is 2. The van der Waals surface area contributed by atoms with Gasteiger partial charge in [-0.15, -0.1) is 0 Å². The van der Waals surface area contributed by atoms with Crippen LogP contribution in [0.2, 0.25) is 0 Å². The third kappa shape index (κ3) is 92.2. The summed E-state index contributed by atoms with van der Waals surface area (Å²) in [6, 6.07) is 0. The zero-order valence-corrected chi connectivity index (χ0v) is 79.0. The third-order valence-corrected chi connectivity index (χ3v) is 24.3. The van der Waals surface area contributed by atoms with Gasteiger partial charge in [-0.2, -0.15) is 0 Å². The molecule has 13 heteroatoms. The Morgan fingerprint density at radius 1 is 0.290 bits per heavy atom. The van der Waals surface area contributed by atoms with E-state index < -0.39 is 0 Å². The standard InChI is InChI=1S/2C26H54N2O.C15H33N2O.2C11H21Br.CH4.4CH3.2Fe/c2*1-27(21-15-9-6-4-5-7-11-17-25-29)22-24-28(2,3)23-16-10-8-12-18-26-19-13-14-20-26;1-16(2)13-14-17(3)12-10-8-6-4-5-7-9-11-15-18;2*12-10-6-2-1-3-7-11-8-4-5-9-11;;;;;;;/h2*26,29H,1,4-25H2,2-3H3;18H,3-15H2,1-2H3;2*11H,1-10H2;1H4;4*1H3;;/q2*+2;+1;;;;4*-1;2*+2. The van der Waals surface area contributed by atoms with Crippen LogP contribution >= 0.6 is 31.9 Å². The molecule has 0 unspecified atom stereocenters. The summed E-state index contributed by atoms with van der Waals surface area (Å²) >= 11 is 6.94. The van der Waals surface area contributed by atoms with Gasteiger partial charge in [0.25, 0.3) is 0 Å². The van der Waals surface area contributed by atoms with E-state index in [1.165, 1.54) is 403 Å². The number of likely N-dealkylation sites (N-methyl/N-ethyl adjacent to an activating group) is 3. The predicted octanol–water partition coefficient (Wildman–Crippen LogP) is 25.9. The fourth-order valence-electron chi connectivity index (χ4n) is 15.9. The first-order valence-corrected chi connectivity index (χ1v) is 46.7. The maximum Gasteiger partial charge on any atom is 2.00 e. The second-order valence-electron chi connectivity index (χ2n) is 34.4. The summed E-state index contributed by atoms with van der Waals surface area (Å²) in [5, 5.41) is 28.6. The molecular weight excluding hydrogens is 1530 g/mol. The molecule has 0 amide bonds. The van der Waals surface area contributed by atoms with E-state index in [0.717, 1.165) is 97.7 Å². The first kappa shape index (κ1) is 123. The molecule has 0 saturated heterocycles. The zero-order chi connectivity index (χ0) is 73.4. The van der Waals surface area contributed by atoms with Gasteiger partial charge in [0, 0.05) is 49.7 Å². The maximum absolute atomic E-state index is 8.78. The van der Waals surface area contributed by atoms with Crippen molar-refractivity contribution in [3.63, 3.8) is 0 Å². The summed E-state index contributed by atoms with van der Waals surface area (Å²) in [6.07, 6.45) is 83.4. The Morgan fingerprint density at radius 2 is 0.486 bits per heavy atom. The molecule has 0 aromatic heterocycles. The Balaban J connectivity index is -0.000000196. The van der Waals surface area contributed by atoms with Gasteiger partial charge < -0.3 is 58.9 Å². The van der Waals surface area contributed by atoms with Crippen LogP contribution in [0.15, 0.2) is 0 Å². The predicted molar refractivity (Wildman–Crippen MR) is 486 cm³/mol. The molecule has 4 saturated carbocycles. The van der Waals surface area contributed by atoms with Crippen LogP contribution in [0.4, 0.5) is 0 Å². The van der Waals surface area contributed by atoms with E-state index in [-0.39, 0.29) is 71.3 Å². The van der Waals surface area contributed by atoms with Gasteiger partial charge in [-0.3, -0.25) is 0 Å². The summed E-state index contributed by atoms with van der Waals surface area (Å²) in [5.41, 5.74) is 0. The van der Waals surface area contributed by atoms with Crippen LogP contribution in [0.3, 0.4) is 0 Å². The number of hydrogen-bond donors (Lipinski definition) is 3. The number of alkyl halides is 2. The summed E-state index contributed by atoms with van der Waals surface area (Å²) in [7, 11) is 13.8. The van der Waals surface area contributed by atoms with Gasteiger partial charge in [0.1, 0.15) is 52.9 Å². The fourth-order valence-corrected chi connectivity index (χ4v) is 16.7. The minimum atomic E-state index is 0. The molecule has 4 fully saturated rings. The molecular formula is C94H199Br2Fe2N6O3+5. The molecule has 107 heavy (non-hydrogen) atoms. The molecule has 9 nitrogen and oxygen atoms in total. The van der Waals surface area contributed by atoms with Crippen LogP contribution < -0.4 is 0 Å². The van der Waals surface area contributed by atoms with Gasteiger partial charge in [0.05, 0.1) is 47.8 Å². The SMILES string of the molecule is BrCCCCCCC1CCCC1.BrCCCCCCC1CCCC1.C.C=[N+](CCCCCCCCCCO)CCN(C)C.C=[N+](CCCCCCCCCCO)CC[N+](C)(C)CCCCCCC1CCCC1.C=[N+](CCCCCCCCCCO)CC[N+](C)(C)CCCCCCC1CCCC1.[CH3-].[CH3-].[CH3-].[CH3-].[Fe+2].[Fe+2]. The molecule has 0 aromatic rings. The molecule has 0 atom stereocenters. The smallest absolute Gasteiger partial charge is 0.396 e. The molecule has 4 rings (SSSR count). The third-order valence-electron chi connectivity index (χ3n) is 23.2. The van der Waals surface area contributed by atoms with E-state index in [2.05, 4.69) is 113 Å². The van der Waals surface area contributed by atoms with E-state index in [9.17, 15) is 0 Å². The van der Waals surface area contributed by atoms with Crippen LogP contribution in [0.25, 0.3) is 0 Å². The fraction of sp³-hybridized carbons (Fsp3) is 0.926. The van der Waals surface area contributed by atoms with Crippen LogP contribution in [-0.4, -0.2) is 208 Å². The maximum atomic E-state index is 8.78. The van der Waals surface area contributed by atoms with Gasteiger partial charge >= 0.3 is 34.1 Å². The van der Waals surface area contributed by atoms with Crippen molar-refractivity contribution in [1.29, 1.82) is 0 Å². The number of rotatable bonds is 65. The van der Waals surface area contributed by atoms with Crippen molar-refractivity contribution >= 4 is 52.0 Å². The number of nitrogens with zero attached hydrogens (tertiary/aromatic N) is 6. The van der Waals surface area contributed by atoms with Gasteiger partial charge in [-0.05, 0) is 115 Å². The topological polar surface area (TPSA) is 73.0 Å². The summed E-state index contributed by atoms with van der Waals surface area (Å²) < 4.78 is 9.05. The van der Waals surface area contributed by atoms with Crippen molar-refractivity contribution in [3.8, 4) is 0 Å². The molecule has 0 aliphatic heterocycles. The largest absolute Gasteiger partial charge is 2.00 e. The Hall–Kier alpha value is 0.769. The first-order valence-electron chi connectivity index (χ1n) is 44.5. The van der Waals surface area contributed by atoms with Crippen LogP contribution in [0.1, 0.15) is 393 Å². The number of aliphatic hydroxyl groups is 3. The van der Waals surface area contributed by atoms with Crippen molar-refractivity contribution in [1.82, 2.24) is 4.90 Å². The molecule has 3 N–H and O–H groups in total. The Labute approximate surface area is 714 Å². The van der Waals surface area contributed by atoms with Gasteiger partial charge in [0.15, 0.2) is 19.6 Å². The van der Waals surface area contributed by atoms with E-state index in [4.69, 9.17) is 15.3 Å². The first-order chi connectivity index (χ1) is 48.6. The molecule has 0 aromatic carbocycles. The van der Waals surface area contributed by atoms with E-state index in [0.29, 0.717) is 19.8 Å². The number of hydrogen-bond acceptors (Lipinski definition) is 4.